The van der Waals surface area contributed by atoms with Crippen LogP contribution in [0.4, 0.5) is 23.2 Å². The summed E-state index contributed by atoms with van der Waals surface area (Å²) in [6, 6.07) is 6.92. The molecule has 0 aliphatic carbocycles. The van der Waals surface area contributed by atoms with E-state index < -0.39 is 35.0 Å². The van der Waals surface area contributed by atoms with E-state index in [2.05, 4.69) is 5.32 Å². The summed E-state index contributed by atoms with van der Waals surface area (Å²) in [6.07, 6.45) is 0. The van der Waals surface area contributed by atoms with E-state index in [4.69, 9.17) is 0 Å². The van der Waals surface area contributed by atoms with Gasteiger partial charge >= 0.3 is 0 Å². The maximum atomic E-state index is 13.5. The average molecular weight is 283 g/mol. The van der Waals surface area contributed by atoms with Gasteiger partial charge in [-0.15, -0.1) is 0 Å². The molecule has 0 saturated heterocycles. The summed E-state index contributed by atoms with van der Waals surface area (Å²) in [6.45, 7) is 3.55. The highest BCUT2D eigenvalue weighted by molar-refractivity contribution is 5.49. The van der Waals surface area contributed by atoms with E-state index >= 15 is 0 Å². The van der Waals surface area contributed by atoms with Gasteiger partial charge in [0.25, 0.3) is 0 Å². The van der Waals surface area contributed by atoms with Crippen LogP contribution in [0.25, 0.3) is 0 Å². The van der Waals surface area contributed by atoms with Crippen molar-refractivity contribution < 1.29 is 17.6 Å². The molecule has 20 heavy (non-hydrogen) atoms. The van der Waals surface area contributed by atoms with Gasteiger partial charge in [0.2, 0.25) is 0 Å². The van der Waals surface area contributed by atoms with Crippen LogP contribution in [0.3, 0.4) is 0 Å². The van der Waals surface area contributed by atoms with Crippen LogP contribution in [0.1, 0.15) is 24.1 Å². The number of benzene rings is 2. The molecule has 2 rings (SSSR count). The summed E-state index contributed by atoms with van der Waals surface area (Å²) in [5.41, 5.74) is 0.991. The minimum absolute atomic E-state index is 0.187. The second-order valence-electron chi connectivity index (χ2n) is 4.62. The number of hydrogen-bond acceptors (Lipinski definition) is 1. The quantitative estimate of drug-likeness (QED) is 0.634. The number of aryl methyl sites for hydroxylation is 1. The third kappa shape index (κ3) is 2.76. The van der Waals surface area contributed by atoms with Gasteiger partial charge < -0.3 is 5.32 Å². The number of rotatable bonds is 3. The third-order valence-corrected chi connectivity index (χ3v) is 3.05. The van der Waals surface area contributed by atoms with Gasteiger partial charge in [-0.3, -0.25) is 0 Å². The maximum absolute atomic E-state index is 13.5. The molecule has 0 heterocycles. The summed E-state index contributed by atoms with van der Waals surface area (Å²) < 4.78 is 53.3. The van der Waals surface area contributed by atoms with Gasteiger partial charge in [0.15, 0.2) is 23.3 Å². The largest absolute Gasteiger partial charge is 0.374 e. The highest BCUT2D eigenvalue weighted by Crippen LogP contribution is 2.28. The molecular formula is C15H13F4N. The second kappa shape index (κ2) is 5.53. The van der Waals surface area contributed by atoms with Gasteiger partial charge in [-0.25, -0.2) is 17.6 Å². The number of nitrogens with one attached hydrogen (secondary N) is 1. The average Bonchev–Trinajstić information content (AvgIpc) is 2.42. The number of halogens is 4. The van der Waals surface area contributed by atoms with Gasteiger partial charge in [-0.1, -0.05) is 29.8 Å². The standard InChI is InChI=1S/C15H13F4N/c1-8-3-5-10(6-4-8)9(2)20-15-13(18)11(16)7-12(17)14(15)19/h3-7,9,20H,1-2H3. The molecule has 1 unspecified atom stereocenters. The summed E-state index contributed by atoms with van der Waals surface area (Å²) >= 11 is 0. The number of anilines is 1. The van der Waals surface area contributed by atoms with Crippen molar-refractivity contribution in [3.63, 3.8) is 0 Å². The van der Waals surface area contributed by atoms with E-state index in [0.29, 0.717) is 0 Å². The highest BCUT2D eigenvalue weighted by Gasteiger charge is 2.20. The van der Waals surface area contributed by atoms with Gasteiger partial charge in [-0.2, -0.15) is 0 Å². The topological polar surface area (TPSA) is 12.0 Å². The van der Waals surface area contributed by atoms with Crippen molar-refractivity contribution in [2.75, 3.05) is 5.32 Å². The first-order valence-corrected chi connectivity index (χ1v) is 6.06. The van der Waals surface area contributed by atoms with E-state index in [1.807, 2.05) is 19.1 Å². The van der Waals surface area contributed by atoms with Crippen molar-refractivity contribution in [2.24, 2.45) is 0 Å². The van der Waals surface area contributed by atoms with Gasteiger partial charge in [0.05, 0.1) is 0 Å². The van der Waals surface area contributed by atoms with Crippen LogP contribution in [0.2, 0.25) is 0 Å². The molecule has 1 atom stereocenters. The third-order valence-electron chi connectivity index (χ3n) is 3.05. The minimum Gasteiger partial charge on any atom is -0.374 e. The molecule has 106 valence electrons. The molecule has 0 saturated carbocycles. The van der Waals surface area contributed by atoms with Crippen LogP contribution >= 0.6 is 0 Å². The highest BCUT2D eigenvalue weighted by atomic mass is 19.2. The van der Waals surface area contributed by atoms with Crippen molar-refractivity contribution in [1.82, 2.24) is 0 Å². The van der Waals surface area contributed by atoms with E-state index in [-0.39, 0.29) is 6.07 Å². The Morgan fingerprint density at radius 2 is 1.40 bits per heavy atom. The van der Waals surface area contributed by atoms with Crippen molar-refractivity contribution in [2.45, 2.75) is 19.9 Å². The fraction of sp³-hybridized carbons (Fsp3) is 0.200. The van der Waals surface area contributed by atoms with Crippen LogP contribution in [-0.4, -0.2) is 0 Å². The molecule has 0 aromatic heterocycles. The van der Waals surface area contributed by atoms with Crippen molar-refractivity contribution in [3.8, 4) is 0 Å². The Morgan fingerprint density at radius 3 is 1.90 bits per heavy atom. The molecular weight excluding hydrogens is 270 g/mol. The fourth-order valence-electron chi connectivity index (χ4n) is 1.85. The second-order valence-corrected chi connectivity index (χ2v) is 4.62. The molecule has 0 aliphatic rings. The zero-order valence-electron chi connectivity index (χ0n) is 11.0. The Hall–Kier alpha value is -2.04. The van der Waals surface area contributed by atoms with Crippen molar-refractivity contribution in [1.29, 1.82) is 0 Å². The minimum atomic E-state index is -1.43. The fourth-order valence-corrected chi connectivity index (χ4v) is 1.85. The molecule has 2 aromatic carbocycles. The first kappa shape index (κ1) is 14.4. The van der Waals surface area contributed by atoms with E-state index in [9.17, 15) is 17.6 Å². The summed E-state index contributed by atoms with van der Waals surface area (Å²) in [5.74, 6) is -5.71. The summed E-state index contributed by atoms with van der Waals surface area (Å²) in [5, 5.41) is 2.47. The summed E-state index contributed by atoms with van der Waals surface area (Å²) in [4.78, 5) is 0. The van der Waals surface area contributed by atoms with Gasteiger partial charge in [0, 0.05) is 12.1 Å². The molecule has 1 nitrogen and oxygen atoms in total. The molecule has 0 radical (unpaired) electrons. The molecule has 0 fully saturated rings. The smallest absolute Gasteiger partial charge is 0.185 e. The van der Waals surface area contributed by atoms with Crippen LogP contribution in [0, 0.1) is 30.2 Å². The predicted octanol–water partition coefficient (Wildman–Crippen LogP) is 4.72. The Bertz CT molecular complexity index is 597. The monoisotopic (exact) mass is 283 g/mol. The predicted molar refractivity (Wildman–Crippen MR) is 69.5 cm³/mol. The lowest BCUT2D eigenvalue weighted by molar-refractivity contribution is 0.457. The first-order chi connectivity index (χ1) is 9.40. The van der Waals surface area contributed by atoms with Crippen LogP contribution in [-0.2, 0) is 0 Å². The Morgan fingerprint density at radius 1 is 0.900 bits per heavy atom. The molecule has 0 aliphatic heterocycles. The van der Waals surface area contributed by atoms with Gasteiger partial charge in [0.1, 0.15) is 5.69 Å². The first-order valence-electron chi connectivity index (χ1n) is 6.06. The van der Waals surface area contributed by atoms with Crippen LogP contribution < -0.4 is 5.32 Å². The molecule has 1 N–H and O–H groups in total. The molecule has 0 bridgehead atoms. The zero-order chi connectivity index (χ0) is 14.9. The zero-order valence-corrected chi connectivity index (χ0v) is 11.0. The maximum Gasteiger partial charge on any atom is 0.185 e. The SMILES string of the molecule is Cc1ccc(C(C)Nc2c(F)c(F)cc(F)c2F)cc1. The molecule has 5 heteroatoms. The summed E-state index contributed by atoms with van der Waals surface area (Å²) in [7, 11) is 0. The van der Waals surface area contributed by atoms with Crippen molar-refractivity contribution in [3.05, 3.63) is 64.7 Å². The Labute approximate surface area is 114 Å². The van der Waals surface area contributed by atoms with E-state index in [0.717, 1.165) is 11.1 Å². The lowest BCUT2D eigenvalue weighted by Gasteiger charge is -2.17. The normalized spacial score (nSPS) is 12.3. The molecule has 0 amide bonds. The van der Waals surface area contributed by atoms with Gasteiger partial charge in [-0.05, 0) is 19.4 Å². The lowest BCUT2D eigenvalue weighted by atomic mass is 10.1. The lowest BCUT2D eigenvalue weighted by Crippen LogP contribution is -2.11. The number of hydrogen-bond donors (Lipinski definition) is 1. The van der Waals surface area contributed by atoms with Crippen LogP contribution in [0.5, 0.6) is 0 Å². The van der Waals surface area contributed by atoms with Crippen molar-refractivity contribution >= 4 is 5.69 Å². The Balaban J connectivity index is 2.32. The van der Waals surface area contributed by atoms with Crippen LogP contribution in [0.15, 0.2) is 30.3 Å². The Kier molecular flexibility index (Phi) is 3.97. The van der Waals surface area contributed by atoms with E-state index in [1.165, 1.54) is 0 Å². The molecule has 2 aromatic rings. The molecule has 0 spiro atoms. The van der Waals surface area contributed by atoms with E-state index in [1.54, 1.807) is 19.1 Å².